The zero-order valence-corrected chi connectivity index (χ0v) is 4.85. The Morgan fingerprint density at radius 2 is 1.86 bits per heavy atom. The van der Waals surface area contributed by atoms with Crippen LogP contribution in [0.15, 0.2) is 0 Å². The van der Waals surface area contributed by atoms with E-state index in [-0.39, 0.29) is 0 Å². The van der Waals surface area contributed by atoms with Crippen molar-refractivity contribution < 1.29 is 9.46 Å². The number of rotatable bonds is 1. The highest BCUT2D eigenvalue weighted by Gasteiger charge is 2.34. The molecule has 0 rings (SSSR count). The van der Waals surface area contributed by atoms with Crippen LogP contribution in [0.1, 0.15) is 6.92 Å². The summed E-state index contributed by atoms with van der Waals surface area (Å²) in [5, 5.41) is -1.44. The van der Waals surface area contributed by atoms with Gasteiger partial charge in [-0.1, -0.05) is 0 Å². The van der Waals surface area contributed by atoms with Crippen LogP contribution in [-0.4, -0.2) is 10.3 Å². The van der Waals surface area contributed by atoms with E-state index in [1.807, 2.05) is 0 Å². The van der Waals surface area contributed by atoms with Gasteiger partial charge in [-0.05, 0) is 4.57 Å². The molecule has 0 fully saturated rings. The van der Waals surface area contributed by atoms with Gasteiger partial charge < -0.3 is 0 Å². The zero-order valence-electron chi connectivity index (χ0n) is 3.96. The van der Waals surface area contributed by atoms with Crippen molar-refractivity contribution in [3.8, 4) is 0 Å². The summed E-state index contributed by atoms with van der Waals surface area (Å²) in [7, 11) is -2.44. The van der Waals surface area contributed by atoms with Gasteiger partial charge in [0.1, 0.15) is 0 Å². The quantitative estimate of drug-likeness (QED) is 0.318. The Balaban J connectivity index is 3.79. The lowest BCUT2D eigenvalue weighted by atomic mass is 10.6. The van der Waals surface area contributed by atoms with Crippen molar-refractivity contribution in [3.63, 3.8) is 0 Å². The first-order valence-electron chi connectivity index (χ1n) is 1.68. The molecule has 1 atom stereocenters. The van der Waals surface area contributed by atoms with Crippen LogP contribution in [0.2, 0.25) is 0 Å². The smallest absolute Gasteiger partial charge is 0.270 e. The molecule has 0 saturated heterocycles. The minimum absolute atomic E-state index is 1.28. The molecule has 1 unspecified atom stereocenters. The highest BCUT2D eigenvalue weighted by Crippen LogP contribution is 2.23. The minimum atomic E-state index is -2.44. The molecular weight excluding hydrogens is 115 g/mol. The molecule has 4 nitrogen and oxygen atoms in total. The van der Waals surface area contributed by atoms with E-state index >= 15 is 0 Å². The van der Waals surface area contributed by atoms with Crippen molar-refractivity contribution in [1.82, 2.24) is 0 Å². The van der Waals surface area contributed by atoms with Crippen LogP contribution >= 0.6 is 8.03 Å². The van der Waals surface area contributed by atoms with Gasteiger partial charge in [0, 0.05) is 6.92 Å². The molecule has 5 N–H and O–H groups in total. The van der Waals surface area contributed by atoms with Crippen LogP contribution < -0.4 is 11.5 Å². The van der Waals surface area contributed by atoms with E-state index in [9.17, 15) is 4.57 Å². The third kappa shape index (κ3) is 2.65. The van der Waals surface area contributed by atoms with Crippen molar-refractivity contribution in [2.45, 2.75) is 12.3 Å². The molecule has 7 heavy (non-hydrogen) atoms. The number of nitrogens with two attached hydrogens (primary N) is 2. The first kappa shape index (κ1) is 6.98. The molecule has 0 saturated carbocycles. The third-order valence-electron chi connectivity index (χ3n) is 0.412. The van der Waals surface area contributed by atoms with Gasteiger partial charge in [-0.25, -0.2) is 0 Å². The molecular formula is C2H8N2O2P+. The van der Waals surface area contributed by atoms with E-state index in [4.69, 9.17) is 16.4 Å². The van der Waals surface area contributed by atoms with Crippen LogP contribution in [0.25, 0.3) is 0 Å². The molecule has 0 radical (unpaired) electrons. The predicted molar refractivity (Wildman–Crippen MR) is 26.6 cm³/mol. The molecule has 0 heterocycles. The summed E-state index contributed by atoms with van der Waals surface area (Å²) < 4.78 is 9.92. The Labute approximate surface area is 42.4 Å². The molecule has 0 spiro atoms. The Kier molecular flexibility index (Phi) is 1.83. The van der Waals surface area contributed by atoms with E-state index < -0.39 is 13.4 Å². The monoisotopic (exact) mass is 123 g/mol. The second-order valence-electron chi connectivity index (χ2n) is 1.50. The Bertz CT molecular complexity index is 86.2. The number of hydrogen-bond donors (Lipinski definition) is 3. The summed E-state index contributed by atoms with van der Waals surface area (Å²) in [5.41, 5.74) is 9.84. The minimum Gasteiger partial charge on any atom is -0.270 e. The van der Waals surface area contributed by atoms with Crippen LogP contribution in [0.3, 0.4) is 0 Å². The summed E-state index contributed by atoms with van der Waals surface area (Å²) in [5.74, 6) is 0. The maximum absolute atomic E-state index is 9.92. The molecule has 42 valence electrons. The van der Waals surface area contributed by atoms with Gasteiger partial charge >= 0.3 is 8.03 Å². The van der Waals surface area contributed by atoms with Gasteiger partial charge in [-0.3, -0.25) is 11.5 Å². The van der Waals surface area contributed by atoms with E-state index in [1.54, 1.807) is 0 Å². The topological polar surface area (TPSA) is 89.3 Å². The molecule has 0 aromatic rings. The SMILES string of the molecule is CC(N)(N)[P+](=O)O. The molecule has 0 aliphatic carbocycles. The van der Waals surface area contributed by atoms with E-state index in [1.165, 1.54) is 6.92 Å². The maximum atomic E-state index is 9.92. The molecule has 0 bridgehead atoms. The lowest BCUT2D eigenvalue weighted by Gasteiger charge is -1.97. The first-order valence-corrected chi connectivity index (χ1v) is 2.90. The molecule has 0 aliphatic heterocycles. The Morgan fingerprint density at radius 1 is 1.71 bits per heavy atom. The van der Waals surface area contributed by atoms with Crippen molar-refractivity contribution in [3.05, 3.63) is 0 Å². The van der Waals surface area contributed by atoms with Gasteiger partial charge in [0.15, 0.2) is 0 Å². The highest BCUT2D eigenvalue weighted by atomic mass is 31.1. The van der Waals surface area contributed by atoms with Gasteiger partial charge in [0.2, 0.25) is 0 Å². The van der Waals surface area contributed by atoms with Gasteiger partial charge in [-0.15, -0.1) is 0 Å². The highest BCUT2D eigenvalue weighted by molar-refractivity contribution is 7.39. The predicted octanol–water partition coefficient (Wildman–Crippen LogP) is -0.688. The lowest BCUT2D eigenvalue weighted by molar-refractivity contribution is 0.461. The van der Waals surface area contributed by atoms with E-state index in [0.717, 1.165) is 0 Å². The summed E-state index contributed by atoms with van der Waals surface area (Å²) in [4.78, 5) is 8.15. The van der Waals surface area contributed by atoms with Crippen LogP contribution in [-0.2, 0) is 4.57 Å². The van der Waals surface area contributed by atoms with Crippen LogP contribution in [0.5, 0.6) is 0 Å². The normalized spacial score (nSPS) is 14.0. The van der Waals surface area contributed by atoms with E-state index in [0.29, 0.717) is 0 Å². The van der Waals surface area contributed by atoms with Crippen molar-refractivity contribution >= 4 is 8.03 Å². The molecule has 0 aromatic carbocycles. The van der Waals surface area contributed by atoms with Gasteiger partial charge in [0.05, 0.1) is 0 Å². The molecule has 0 aromatic heterocycles. The van der Waals surface area contributed by atoms with Crippen LogP contribution in [0.4, 0.5) is 0 Å². The Hall–Kier alpha value is -0.0200. The summed E-state index contributed by atoms with van der Waals surface area (Å²) >= 11 is 0. The summed E-state index contributed by atoms with van der Waals surface area (Å²) in [6.45, 7) is 1.28. The summed E-state index contributed by atoms with van der Waals surface area (Å²) in [6.07, 6.45) is 0. The fraction of sp³-hybridized carbons (Fsp3) is 1.00. The Morgan fingerprint density at radius 3 is 1.86 bits per heavy atom. The standard InChI is InChI=1S/C2H7N2O2P/c1-2(3,4)7(5)6/h3-4H2,1H3/p+1. The second kappa shape index (κ2) is 1.84. The second-order valence-corrected chi connectivity index (χ2v) is 3.01. The number of hydrogen-bond acceptors (Lipinski definition) is 3. The average Bonchev–Trinajstić information content (AvgIpc) is 1.31. The molecule has 0 aliphatic rings. The first-order chi connectivity index (χ1) is 2.94. The van der Waals surface area contributed by atoms with Crippen molar-refractivity contribution in [1.29, 1.82) is 0 Å². The van der Waals surface area contributed by atoms with Crippen LogP contribution in [0, 0.1) is 0 Å². The maximum Gasteiger partial charge on any atom is 0.543 e. The van der Waals surface area contributed by atoms with Crippen molar-refractivity contribution in [2.75, 3.05) is 0 Å². The summed E-state index contributed by atoms with van der Waals surface area (Å²) in [6, 6.07) is 0. The van der Waals surface area contributed by atoms with Gasteiger partial charge in [-0.2, -0.15) is 4.89 Å². The molecule has 0 amide bonds. The zero-order chi connectivity index (χ0) is 6.08. The lowest BCUT2D eigenvalue weighted by Crippen LogP contribution is -2.41. The molecule has 5 heteroatoms. The van der Waals surface area contributed by atoms with E-state index in [2.05, 4.69) is 0 Å². The average molecular weight is 123 g/mol. The van der Waals surface area contributed by atoms with Crippen molar-refractivity contribution in [2.24, 2.45) is 11.5 Å². The fourth-order valence-electron chi connectivity index (χ4n) is 0. The fourth-order valence-corrected chi connectivity index (χ4v) is 0. The largest absolute Gasteiger partial charge is 0.543 e. The third-order valence-corrected chi connectivity index (χ3v) is 1.24. The van der Waals surface area contributed by atoms with Gasteiger partial charge in [0.25, 0.3) is 5.40 Å².